The van der Waals surface area contributed by atoms with Crippen LogP contribution in [0.25, 0.3) is 0 Å². The Morgan fingerprint density at radius 3 is 2.97 bits per heavy atom. The topological polar surface area (TPSA) is 94.8 Å². The van der Waals surface area contributed by atoms with Gasteiger partial charge in [-0.05, 0) is 50.2 Å². The largest absolute Gasteiger partial charge is 0.464 e. The van der Waals surface area contributed by atoms with Crippen molar-refractivity contribution in [3.63, 3.8) is 0 Å². The minimum atomic E-state index is -0.334. The number of hydrogen-bond acceptors (Lipinski definition) is 6. The molecule has 1 unspecified atom stereocenters. The maximum absolute atomic E-state index is 12.8. The monoisotopic (exact) mass is 402 g/mol. The number of amides is 1. The molecular weight excluding hydrogens is 372 g/mol. The van der Waals surface area contributed by atoms with E-state index in [9.17, 15) is 9.59 Å². The molecule has 1 spiro atoms. The second-order valence-corrected chi connectivity index (χ2v) is 8.26. The third-order valence-electron chi connectivity index (χ3n) is 6.30. The van der Waals surface area contributed by atoms with Crippen LogP contribution in [-0.2, 0) is 33.7 Å². The van der Waals surface area contributed by atoms with Crippen LogP contribution in [0, 0.1) is 5.41 Å². The zero-order valence-electron chi connectivity index (χ0n) is 17.1. The van der Waals surface area contributed by atoms with Gasteiger partial charge < -0.3 is 14.8 Å². The summed E-state index contributed by atoms with van der Waals surface area (Å²) in [4.78, 5) is 29.0. The predicted molar refractivity (Wildman–Crippen MR) is 107 cm³/mol. The Bertz CT molecular complexity index is 795. The Kier molecular flexibility index (Phi) is 5.99. The SMILES string of the molecule is CCc1nn(CCCOC(=O)C2CCC=N2)c2c1C(=O)NCC1(CCOCC1)C2. The summed E-state index contributed by atoms with van der Waals surface area (Å²) in [7, 11) is 0. The summed E-state index contributed by atoms with van der Waals surface area (Å²) in [6.45, 7) is 5.15. The van der Waals surface area contributed by atoms with Crippen LogP contribution >= 0.6 is 0 Å². The molecule has 1 atom stereocenters. The lowest BCUT2D eigenvalue weighted by Crippen LogP contribution is -2.40. The van der Waals surface area contributed by atoms with Crippen molar-refractivity contribution in [2.24, 2.45) is 10.4 Å². The van der Waals surface area contributed by atoms with Crippen LogP contribution in [0.2, 0.25) is 0 Å². The van der Waals surface area contributed by atoms with Gasteiger partial charge in [0, 0.05) is 32.7 Å². The Hall–Kier alpha value is -2.22. The molecule has 3 aliphatic heterocycles. The van der Waals surface area contributed by atoms with E-state index in [-0.39, 0.29) is 23.3 Å². The van der Waals surface area contributed by atoms with Crippen molar-refractivity contribution in [3.8, 4) is 0 Å². The van der Waals surface area contributed by atoms with Gasteiger partial charge in [-0.25, -0.2) is 4.79 Å². The maximum atomic E-state index is 12.8. The van der Waals surface area contributed by atoms with Crippen LogP contribution in [0.4, 0.5) is 0 Å². The summed E-state index contributed by atoms with van der Waals surface area (Å²) < 4.78 is 12.9. The Labute approximate surface area is 171 Å². The lowest BCUT2D eigenvalue weighted by Gasteiger charge is -2.36. The summed E-state index contributed by atoms with van der Waals surface area (Å²) in [5.74, 6) is -0.259. The molecular formula is C21H30N4O4. The Balaban J connectivity index is 1.45. The van der Waals surface area contributed by atoms with Gasteiger partial charge in [0.25, 0.3) is 5.91 Å². The molecule has 8 nitrogen and oxygen atoms in total. The highest BCUT2D eigenvalue weighted by Crippen LogP contribution is 2.37. The minimum absolute atomic E-state index is 0.0167. The number of ether oxygens (including phenoxy) is 2. The number of fused-ring (bicyclic) bond motifs is 1. The quantitative estimate of drug-likeness (QED) is 0.577. The van der Waals surface area contributed by atoms with Crippen molar-refractivity contribution in [1.29, 1.82) is 0 Å². The number of hydrogen-bond donors (Lipinski definition) is 1. The lowest BCUT2D eigenvalue weighted by molar-refractivity contribution is -0.145. The van der Waals surface area contributed by atoms with Crippen LogP contribution in [0.1, 0.15) is 60.8 Å². The van der Waals surface area contributed by atoms with Gasteiger partial charge >= 0.3 is 5.97 Å². The highest BCUT2D eigenvalue weighted by Gasteiger charge is 2.39. The van der Waals surface area contributed by atoms with Crippen LogP contribution in [-0.4, -0.2) is 60.3 Å². The number of aryl methyl sites for hydroxylation is 2. The first-order valence-corrected chi connectivity index (χ1v) is 10.7. The maximum Gasteiger partial charge on any atom is 0.330 e. The molecule has 29 heavy (non-hydrogen) atoms. The molecule has 4 rings (SSSR count). The highest BCUT2D eigenvalue weighted by molar-refractivity contribution is 5.97. The normalized spacial score (nSPS) is 22.9. The van der Waals surface area contributed by atoms with Crippen molar-refractivity contribution in [1.82, 2.24) is 15.1 Å². The summed E-state index contributed by atoms with van der Waals surface area (Å²) in [6, 6.07) is -0.334. The number of aromatic nitrogens is 2. The molecule has 1 saturated heterocycles. The van der Waals surface area contributed by atoms with Gasteiger partial charge in [-0.15, -0.1) is 0 Å². The van der Waals surface area contributed by atoms with Crippen LogP contribution in [0.3, 0.4) is 0 Å². The van der Waals surface area contributed by atoms with E-state index in [0.29, 0.717) is 32.5 Å². The summed E-state index contributed by atoms with van der Waals surface area (Å²) in [6.07, 6.45) is 7.46. The van der Waals surface area contributed by atoms with Crippen molar-refractivity contribution < 1.29 is 19.1 Å². The molecule has 158 valence electrons. The second kappa shape index (κ2) is 8.65. The molecule has 1 aromatic heterocycles. The van der Waals surface area contributed by atoms with E-state index >= 15 is 0 Å². The highest BCUT2D eigenvalue weighted by atomic mass is 16.5. The first-order valence-electron chi connectivity index (χ1n) is 10.7. The van der Waals surface area contributed by atoms with E-state index in [2.05, 4.69) is 10.3 Å². The van der Waals surface area contributed by atoms with Crippen molar-refractivity contribution >= 4 is 18.1 Å². The molecule has 1 amide bonds. The van der Waals surface area contributed by atoms with Gasteiger partial charge in [-0.2, -0.15) is 5.10 Å². The Morgan fingerprint density at radius 1 is 1.41 bits per heavy atom. The molecule has 3 aliphatic rings. The number of nitrogens with zero attached hydrogens (tertiary/aromatic N) is 3. The molecule has 0 bridgehead atoms. The fourth-order valence-corrected chi connectivity index (χ4v) is 4.53. The molecule has 1 N–H and O–H groups in total. The first kappa shape index (κ1) is 20.1. The molecule has 1 aromatic rings. The molecule has 8 heteroatoms. The zero-order chi connectivity index (χ0) is 20.3. The van der Waals surface area contributed by atoms with Crippen molar-refractivity contribution in [3.05, 3.63) is 17.0 Å². The third-order valence-corrected chi connectivity index (χ3v) is 6.30. The molecule has 0 saturated carbocycles. The van der Waals surface area contributed by atoms with E-state index in [4.69, 9.17) is 14.6 Å². The summed E-state index contributed by atoms with van der Waals surface area (Å²) in [5.41, 5.74) is 2.65. The summed E-state index contributed by atoms with van der Waals surface area (Å²) >= 11 is 0. The van der Waals surface area contributed by atoms with E-state index in [0.717, 1.165) is 62.3 Å². The predicted octanol–water partition coefficient (Wildman–Crippen LogP) is 1.69. The van der Waals surface area contributed by atoms with Crippen LogP contribution < -0.4 is 5.32 Å². The van der Waals surface area contributed by atoms with Gasteiger partial charge in [0.05, 0.1) is 23.6 Å². The fourth-order valence-electron chi connectivity index (χ4n) is 4.53. The average molecular weight is 402 g/mol. The second-order valence-electron chi connectivity index (χ2n) is 8.26. The van der Waals surface area contributed by atoms with Gasteiger partial charge in [0.1, 0.15) is 6.04 Å². The van der Waals surface area contributed by atoms with E-state index in [1.807, 2.05) is 11.6 Å². The number of nitrogens with one attached hydrogen (secondary N) is 1. The van der Waals surface area contributed by atoms with E-state index in [1.165, 1.54) is 0 Å². The number of carbonyl (C=O) groups is 2. The standard InChI is InChI=1S/C21H30N4O4/c1-2-15-18-17(13-21(14-23-19(18)26)6-11-28-12-7-21)25(24-15)9-4-10-29-20(27)16-5-3-8-22-16/h8,16H,2-7,9-14H2,1H3,(H,23,26). The van der Waals surface area contributed by atoms with Gasteiger partial charge in [0.2, 0.25) is 0 Å². The van der Waals surface area contributed by atoms with E-state index < -0.39 is 0 Å². The lowest BCUT2D eigenvalue weighted by atomic mass is 9.76. The molecule has 4 heterocycles. The zero-order valence-corrected chi connectivity index (χ0v) is 17.1. The summed E-state index contributed by atoms with van der Waals surface area (Å²) in [5, 5.41) is 7.87. The number of rotatable bonds is 6. The van der Waals surface area contributed by atoms with Gasteiger partial charge in [0.15, 0.2) is 0 Å². The smallest absolute Gasteiger partial charge is 0.330 e. The number of esters is 1. The van der Waals surface area contributed by atoms with E-state index in [1.54, 1.807) is 6.21 Å². The molecule has 0 aromatic carbocycles. The first-order chi connectivity index (χ1) is 14.1. The van der Waals surface area contributed by atoms with Crippen molar-refractivity contribution in [2.75, 3.05) is 26.4 Å². The number of carbonyl (C=O) groups excluding carboxylic acids is 2. The third kappa shape index (κ3) is 4.22. The number of aliphatic imine (C=N–C) groups is 1. The average Bonchev–Trinajstić information content (AvgIpc) is 3.36. The van der Waals surface area contributed by atoms with Crippen LogP contribution in [0.5, 0.6) is 0 Å². The van der Waals surface area contributed by atoms with Crippen LogP contribution in [0.15, 0.2) is 4.99 Å². The molecule has 0 aliphatic carbocycles. The minimum Gasteiger partial charge on any atom is -0.464 e. The molecule has 1 fully saturated rings. The Morgan fingerprint density at radius 2 is 2.24 bits per heavy atom. The van der Waals surface area contributed by atoms with Gasteiger partial charge in [-0.3, -0.25) is 14.5 Å². The van der Waals surface area contributed by atoms with Gasteiger partial charge in [-0.1, -0.05) is 6.92 Å². The van der Waals surface area contributed by atoms with Crippen molar-refractivity contribution in [2.45, 2.75) is 64.5 Å². The molecule has 0 radical (unpaired) electrons. The fraction of sp³-hybridized carbons (Fsp3) is 0.714.